The number of hydrogen-bond acceptors (Lipinski definition) is 4. The maximum Gasteiger partial charge on any atom is 0.322 e. The highest BCUT2D eigenvalue weighted by atomic mass is 16.5. The van der Waals surface area contributed by atoms with E-state index in [1.54, 1.807) is 24.3 Å². The molecule has 1 aliphatic rings. The number of amides is 4. The summed E-state index contributed by atoms with van der Waals surface area (Å²) in [6, 6.07) is 5.88. The second kappa shape index (κ2) is 10.4. The van der Waals surface area contributed by atoms with Gasteiger partial charge in [0.1, 0.15) is 11.8 Å². The Labute approximate surface area is 159 Å². The fourth-order valence-electron chi connectivity index (χ4n) is 2.81. The van der Waals surface area contributed by atoms with Crippen LogP contribution in [-0.2, 0) is 9.59 Å². The van der Waals surface area contributed by atoms with E-state index in [1.807, 2.05) is 0 Å². The molecule has 1 aliphatic heterocycles. The topological polar surface area (TPSA) is 99.8 Å². The third-order valence-corrected chi connectivity index (χ3v) is 4.37. The van der Waals surface area contributed by atoms with Crippen molar-refractivity contribution in [3.63, 3.8) is 0 Å². The summed E-state index contributed by atoms with van der Waals surface area (Å²) in [5.74, 6) is 0.134. The van der Waals surface area contributed by atoms with Crippen molar-refractivity contribution in [3.05, 3.63) is 24.3 Å². The highest BCUT2D eigenvalue weighted by molar-refractivity contribution is 5.96. The Bertz CT molecular complexity index is 648. The van der Waals surface area contributed by atoms with Gasteiger partial charge in [0.2, 0.25) is 11.8 Å². The number of carbonyl (C=O) groups is 3. The van der Waals surface area contributed by atoms with E-state index >= 15 is 0 Å². The third-order valence-electron chi connectivity index (χ3n) is 4.37. The molecule has 1 aromatic carbocycles. The molecule has 4 amide bonds. The van der Waals surface area contributed by atoms with E-state index in [2.05, 4.69) is 22.9 Å². The fraction of sp³-hybridized carbons (Fsp3) is 0.526. The molecule has 1 atom stereocenters. The van der Waals surface area contributed by atoms with Crippen LogP contribution in [0, 0.1) is 0 Å². The molecule has 0 spiro atoms. The first-order chi connectivity index (χ1) is 13.0. The molecule has 1 saturated heterocycles. The summed E-state index contributed by atoms with van der Waals surface area (Å²) in [5.41, 5.74) is 0.602. The Hall–Kier alpha value is -2.77. The van der Waals surface area contributed by atoms with Gasteiger partial charge in [-0.3, -0.25) is 9.59 Å². The summed E-state index contributed by atoms with van der Waals surface area (Å²) in [6.07, 6.45) is 3.22. The van der Waals surface area contributed by atoms with Gasteiger partial charge in [-0.1, -0.05) is 19.8 Å². The summed E-state index contributed by atoms with van der Waals surface area (Å²) in [4.78, 5) is 37.7. The first-order valence-electron chi connectivity index (χ1n) is 9.34. The molecule has 0 bridgehead atoms. The van der Waals surface area contributed by atoms with Crippen LogP contribution in [0.25, 0.3) is 0 Å². The van der Waals surface area contributed by atoms with Gasteiger partial charge in [0.05, 0.1) is 13.0 Å². The van der Waals surface area contributed by atoms with E-state index in [0.29, 0.717) is 25.4 Å². The van der Waals surface area contributed by atoms with E-state index in [0.717, 1.165) is 25.0 Å². The van der Waals surface area contributed by atoms with Crippen molar-refractivity contribution >= 4 is 23.5 Å². The lowest BCUT2D eigenvalue weighted by Crippen LogP contribution is -2.59. The van der Waals surface area contributed by atoms with E-state index in [1.165, 1.54) is 11.9 Å². The lowest BCUT2D eigenvalue weighted by Gasteiger charge is -2.34. The second-order valence-electron chi connectivity index (χ2n) is 6.39. The standard InChI is InChI=1S/C19H28N4O4/c1-3-4-5-12-27-15-8-6-14(7-9-15)22-19(26)23-11-10-21-18(25)16(23)13-17(24)20-2/h6-9,16H,3-5,10-13H2,1-2H3,(H,20,24)(H,21,25)(H,22,26)/t16-/m0/s1. The van der Waals surface area contributed by atoms with Crippen LogP contribution in [0.4, 0.5) is 10.5 Å². The molecule has 0 unspecified atom stereocenters. The molecule has 27 heavy (non-hydrogen) atoms. The molecule has 1 aromatic rings. The zero-order valence-corrected chi connectivity index (χ0v) is 15.9. The molecule has 0 aromatic heterocycles. The molecule has 1 fully saturated rings. The zero-order valence-electron chi connectivity index (χ0n) is 15.9. The van der Waals surface area contributed by atoms with Crippen LogP contribution in [0.5, 0.6) is 5.75 Å². The van der Waals surface area contributed by atoms with Crippen LogP contribution in [0.1, 0.15) is 32.6 Å². The molecule has 0 saturated carbocycles. The molecule has 3 N–H and O–H groups in total. The normalized spacial score (nSPS) is 16.4. The van der Waals surface area contributed by atoms with Gasteiger partial charge in [0.25, 0.3) is 0 Å². The van der Waals surface area contributed by atoms with Crippen LogP contribution >= 0.6 is 0 Å². The van der Waals surface area contributed by atoms with E-state index in [4.69, 9.17) is 4.74 Å². The van der Waals surface area contributed by atoms with Crippen LogP contribution < -0.4 is 20.7 Å². The summed E-state index contributed by atoms with van der Waals surface area (Å²) in [5, 5.41) is 7.95. The van der Waals surface area contributed by atoms with E-state index in [-0.39, 0.29) is 18.2 Å². The molecular weight excluding hydrogens is 348 g/mol. The predicted molar refractivity (Wildman–Crippen MR) is 103 cm³/mol. The average molecular weight is 376 g/mol. The Kier molecular flexibility index (Phi) is 7.91. The average Bonchev–Trinajstić information content (AvgIpc) is 2.67. The number of unbranched alkanes of at least 4 members (excludes halogenated alkanes) is 2. The minimum absolute atomic E-state index is 0.0692. The largest absolute Gasteiger partial charge is 0.494 e. The van der Waals surface area contributed by atoms with Gasteiger partial charge in [0, 0.05) is 25.8 Å². The summed E-state index contributed by atoms with van der Waals surface area (Å²) in [6.45, 7) is 3.52. The smallest absolute Gasteiger partial charge is 0.322 e. The number of urea groups is 1. The van der Waals surface area contributed by atoms with Gasteiger partial charge in [-0.25, -0.2) is 4.79 Å². The predicted octanol–water partition coefficient (Wildman–Crippen LogP) is 1.72. The van der Waals surface area contributed by atoms with Crippen LogP contribution in [0.3, 0.4) is 0 Å². The van der Waals surface area contributed by atoms with Gasteiger partial charge in [-0.2, -0.15) is 0 Å². The maximum atomic E-state index is 12.6. The number of nitrogens with zero attached hydrogens (tertiary/aromatic N) is 1. The molecule has 148 valence electrons. The maximum absolute atomic E-state index is 12.6. The molecule has 8 nitrogen and oxygen atoms in total. The second-order valence-corrected chi connectivity index (χ2v) is 6.39. The van der Waals surface area contributed by atoms with Crippen molar-refractivity contribution in [1.82, 2.24) is 15.5 Å². The van der Waals surface area contributed by atoms with Crippen molar-refractivity contribution in [2.75, 3.05) is 32.1 Å². The van der Waals surface area contributed by atoms with Gasteiger partial charge < -0.3 is 25.6 Å². The van der Waals surface area contributed by atoms with Crippen LogP contribution in [0.15, 0.2) is 24.3 Å². The Morgan fingerprint density at radius 1 is 1.26 bits per heavy atom. The lowest BCUT2D eigenvalue weighted by molar-refractivity contribution is -0.132. The monoisotopic (exact) mass is 376 g/mol. The van der Waals surface area contributed by atoms with Crippen molar-refractivity contribution in [3.8, 4) is 5.75 Å². The summed E-state index contributed by atoms with van der Waals surface area (Å²) < 4.78 is 5.65. The van der Waals surface area contributed by atoms with E-state index in [9.17, 15) is 14.4 Å². The Morgan fingerprint density at radius 3 is 2.67 bits per heavy atom. The first-order valence-corrected chi connectivity index (χ1v) is 9.34. The third kappa shape index (κ3) is 6.16. The molecule has 2 rings (SSSR count). The number of rotatable bonds is 8. The molecule has 1 heterocycles. The summed E-state index contributed by atoms with van der Waals surface area (Å²) >= 11 is 0. The first kappa shape index (κ1) is 20.5. The minimum atomic E-state index is -0.820. The minimum Gasteiger partial charge on any atom is -0.494 e. The number of ether oxygens (including phenoxy) is 1. The summed E-state index contributed by atoms with van der Waals surface area (Å²) in [7, 11) is 1.50. The van der Waals surface area contributed by atoms with Gasteiger partial charge in [-0.05, 0) is 30.7 Å². The Morgan fingerprint density at radius 2 is 2.00 bits per heavy atom. The number of benzene rings is 1. The SMILES string of the molecule is CCCCCOc1ccc(NC(=O)N2CCNC(=O)[C@@H]2CC(=O)NC)cc1. The Balaban J connectivity index is 1.94. The highest BCUT2D eigenvalue weighted by Crippen LogP contribution is 2.18. The molecule has 0 aliphatic carbocycles. The number of carbonyl (C=O) groups excluding carboxylic acids is 3. The number of anilines is 1. The molecule has 0 radical (unpaired) electrons. The van der Waals surface area contributed by atoms with E-state index < -0.39 is 12.1 Å². The molecule has 8 heteroatoms. The lowest BCUT2D eigenvalue weighted by atomic mass is 10.1. The van der Waals surface area contributed by atoms with Gasteiger partial charge >= 0.3 is 6.03 Å². The highest BCUT2D eigenvalue weighted by Gasteiger charge is 2.34. The zero-order chi connectivity index (χ0) is 19.6. The van der Waals surface area contributed by atoms with Crippen molar-refractivity contribution in [2.45, 2.75) is 38.6 Å². The van der Waals surface area contributed by atoms with Crippen LogP contribution in [0.2, 0.25) is 0 Å². The quantitative estimate of drug-likeness (QED) is 0.602. The number of nitrogens with one attached hydrogen (secondary N) is 3. The fourth-order valence-corrected chi connectivity index (χ4v) is 2.81. The van der Waals surface area contributed by atoms with Crippen molar-refractivity contribution < 1.29 is 19.1 Å². The van der Waals surface area contributed by atoms with Gasteiger partial charge in [-0.15, -0.1) is 0 Å². The van der Waals surface area contributed by atoms with Crippen molar-refractivity contribution in [1.29, 1.82) is 0 Å². The van der Waals surface area contributed by atoms with Crippen LogP contribution in [-0.4, -0.2) is 55.5 Å². The van der Waals surface area contributed by atoms with Gasteiger partial charge in [0.15, 0.2) is 0 Å². The number of piperazine rings is 1. The molecular formula is C19H28N4O4. The van der Waals surface area contributed by atoms with Crippen molar-refractivity contribution in [2.24, 2.45) is 0 Å². The number of hydrogen-bond donors (Lipinski definition) is 3.